The van der Waals surface area contributed by atoms with Crippen LogP contribution in [0.4, 0.5) is 0 Å². The lowest BCUT2D eigenvalue weighted by Crippen LogP contribution is -2.26. The van der Waals surface area contributed by atoms with Crippen molar-refractivity contribution < 1.29 is 5.11 Å². The molecule has 1 atom stereocenters. The van der Waals surface area contributed by atoms with Crippen molar-refractivity contribution in [3.63, 3.8) is 0 Å². The van der Waals surface area contributed by atoms with Crippen LogP contribution in [-0.4, -0.2) is 9.67 Å². The Kier molecular flexibility index (Phi) is 3.47. The topological polar surface area (TPSA) is 25.2 Å². The van der Waals surface area contributed by atoms with E-state index in [1.807, 2.05) is 30.5 Å². The molecule has 2 nitrogen and oxygen atoms in total. The van der Waals surface area contributed by atoms with Crippen molar-refractivity contribution in [2.45, 2.75) is 32.8 Å². The van der Waals surface area contributed by atoms with E-state index in [1.165, 1.54) is 0 Å². The first-order valence-corrected chi connectivity index (χ1v) is 7.88. The summed E-state index contributed by atoms with van der Waals surface area (Å²) in [6.45, 7) is 4.39. The molecule has 1 N–H and O–H groups in total. The summed E-state index contributed by atoms with van der Waals surface area (Å²) in [5, 5.41) is 11.0. The number of aromatic nitrogens is 1. The number of rotatable bonds is 1. The zero-order chi connectivity index (χ0) is 14.5. The van der Waals surface area contributed by atoms with E-state index in [-0.39, 0.29) is 11.5 Å². The second-order valence-electron chi connectivity index (χ2n) is 6.24. The van der Waals surface area contributed by atoms with Gasteiger partial charge in [0, 0.05) is 21.9 Å². The standard InChI is InChI=1S/C16H17BrClNO/c1-16(2)8-14-11(15(20)9-16)5-6-19(14)13-7-10(17)3-4-12(13)18/h3-7,15,20H,8-9H2,1-2H3. The van der Waals surface area contributed by atoms with Crippen LogP contribution in [0.5, 0.6) is 0 Å². The molecule has 20 heavy (non-hydrogen) atoms. The number of aliphatic hydroxyl groups is 1. The van der Waals surface area contributed by atoms with E-state index in [4.69, 9.17) is 11.6 Å². The number of halogens is 2. The van der Waals surface area contributed by atoms with Crippen molar-refractivity contribution in [3.8, 4) is 5.69 Å². The van der Waals surface area contributed by atoms with E-state index in [1.54, 1.807) is 0 Å². The molecule has 2 aromatic rings. The molecule has 0 amide bonds. The van der Waals surface area contributed by atoms with E-state index in [2.05, 4.69) is 34.3 Å². The van der Waals surface area contributed by atoms with Gasteiger partial charge < -0.3 is 9.67 Å². The van der Waals surface area contributed by atoms with E-state index in [9.17, 15) is 5.11 Å². The third kappa shape index (κ3) is 2.43. The van der Waals surface area contributed by atoms with Gasteiger partial charge in [-0.15, -0.1) is 0 Å². The molecule has 0 saturated heterocycles. The third-order valence-electron chi connectivity index (χ3n) is 3.95. The lowest BCUT2D eigenvalue weighted by atomic mass is 9.75. The van der Waals surface area contributed by atoms with Crippen LogP contribution in [0.15, 0.2) is 34.9 Å². The Morgan fingerprint density at radius 3 is 2.85 bits per heavy atom. The number of hydrogen-bond acceptors (Lipinski definition) is 1. The molecule has 1 unspecified atom stereocenters. The second-order valence-corrected chi connectivity index (χ2v) is 7.57. The van der Waals surface area contributed by atoms with Crippen molar-refractivity contribution >= 4 is 27.5 Å². The third-order valence-corrected chi connectivity index (χ3v) is 4.76. The summed E-state index contributed by atoms with van der Waals surface area (Å²) in [6.07, 6.45) is 3.36. The number of nitrogens with zero attached hydrogens (tertiary/aromatic N) is 1. The summed E-state index contributed by atoms with van der Waals surface area (Å²) in [6, 6.07) is 7.83. The first-order valence-electron chi connectivity index (χ1n) is 6.71. The molecule has 0 spiro atoms. The minimum atomic E-state index is -0.388. The average molecular weight is 355 g/mol. The summed E-state index contributed by atoms with van der Waals surface area (Å²) < 4.78 is 3.10. The minimum Gasteiger partial charge on any atom is -0.388 e. The molecular weight excluding hydrogens is 338 g/mol. The van der Waals surface area contributed by atoms with Crippen LogP contribution in [0.25, 0.3) is 5.69 Å². The van der Waals surface area contributed by atoms with Crippen molar-refractivity contribution in [2.75, 3.05) is 0 Å². The van der Waals surface area contributed by atoms with Crippen LogP contribution < -0.4 is 0 Å². The van der Waals surface area contributed by atoms with Crippen molar-refractivity contribution in [1.29, 1.82) is 0 Å². The lowest BCUT2D eigenvalue weighted by Gasteiger charge is -2.34. The van der Waals surface area contributed by atoms with Gasteiger partial charge in [0.05, 0.1) is 16.8 Å². The molecule has 0 aliphatic heterocycles. The fourth-order valence-corrected chi connectivity index (χ4v) is 3.58. The number of fused-ring (bicyclic) bond motifs is 1. The Bertz CT molecular complexity index is 662. The molecule has 1 aliphatic rings. The van der Waals surface area contributed by atoms with Crippen molar-refractivity contribution in [3.05, 3.63) is 51.2 Å². The monoisotopic (exact) mass is 353 g/mol. The fourth-order valence-electron chi connectivity index (χ4n) is 3.03. The molecule has 3 rings (SSSR count). The van der Waals surface area contributed by atoms with Crippen LogP contribution in [-0.2, 0) is 6.42 Å². The van der Waals surface area contributed by atoms with Gasteiger partial charge >= 0.3 is 0 Å². The Morgan fingerprint density at radius 1 is 1.35 bits per heavy atom. The van der Waals surface area contributed by atoms with Crippen molar-refractivity contribution in [1.82, 2.24) is 4.57 Å². The second kappa shape index (κ2) is 4.90. The fraction of sp³-hybridized carbons (Fsp3) is 0.375. The predicted octanol–water partition coefficient (Wildman–Crippen LogP) is 4.90. The van der Waals surface area contributed by atoms with Crippen LogP contribution in [0.3, 0.4) is 0 Å². The lowest BCUT2D eigenvalue weighted by molar-refractivity contribution is 0.0987. The normalized spacial score (nSPS) is 20.8. The summed E-state index contributed by atoms with van der Waals surface area (Å²) in [7, 11) is 0. The van der Waals surface area contributed by atoms with E-state index in [0.29, 0.717) is 5.02 Å². The highest BCUT2D eigenvalue weighted by molar-refractivity contribution is 9.10. The first kappa shape index (κ1) is 14.2. The number of aliphatic hydroxyl groups excluding tert-OH is 1. The van der Waals surface area contributed by atoms with Gasteiger partial charge in [-0.05, 0) is 42.5 Å². The summed E-state index contributed by atoms with van der Waals surface area (Å²) >= 11 is 9.82. The van der Waals surface area contributed by atoms with Crippen molar-refractivity contribution in [2.24, 2.45) is 5.41 Å². The molecule has 0 radical (unpaired) electrons. The highest BCUT2D eigenvalue weighted by Gasteiger charge is 2.33. The molecule has 0 saturated carbocycles. The minimum absolute atomic E-state index is 0.0982. The van der Waals surface area contributed by atoms with Crippen LogP contribution in [0.2, 0.25) is 5.02 Å². The molecule has 0 fully saturated rings. The molecule has 4 heteroatoms. The molecule has 1 heterocycles. The molecule has 1 aliphatic carbocycles. The zero-order valence-corrected chi connectivity index (χ0v) is 13.9. The van der Waals surface area contributed by atoms with E-state index < -0.39 is 0 Å². The average Bonchev–Trinajstić information content (AvgIpc) is 2.74. The van der Waals surface area contributed by atoms with Gasteiger partial charge in [0.2, 0.25) is 0 Å². The summed E-state index contributed by atoms with van der Waals surface area (Å²) in [4.78, 5) is 0. The van der Waals surface area contributed by atoms with Gasteiger partial charge in [-0.25, -0.2) is 0 Å². The van der Waals surface area contributed by atoms with Crippen LogP contribution in [0.1, 0.15) is 37.6 Å². The maximum Gasteiger partial charge on any atom is 0.0812 e. The molecule has 1 aromatic carbocycles. The smallest absolute Gasteiger partial charge is 0.0812 e. The maximum absolute atomic E-state index is 10.3. The number of benzene rings is 1. The molecule has 106 valence electrons. The van der Waals surface area contributed by atoms with Gasteiger partial charge in [-0.2, -0.15) is 0 Å². The zero-order valence-electron chi connectivity index (χ0n) is 11.5. The van der Waals surface area contributed by atoms with E-state index in [0.717, 1.165) is 34.3 Å². The molecule has 0 bridgehead atoms. The summed E-state index contributed by atoms with van der Waals surface area (Å²) in [5.41, 5.74) is 3.24. The van der Waals surface area contributed by atoms with Gasteiger partial charge in [-0.1, -0.05) is 41.4 Å². The van der Waals surface area contributed by atoms with Gasteiger partial charge in [-0.3, -0.25) is 0 Å². The van der Waals surface area contributed by atoms with Gasteiger partial charge in [0.25, 0.3) is 0 Å². The Hall–Kier alpha value is -0.770. The molecule has 1 aromatic heterocycles. The SMILES string of the molecule is CC1(C)Cc2c(ccn2-c2cc(Br)ccc2Cl)C(O)C1. The van der Waals surface area contributed by atoms with Crippen LogP contribution in [0, 0.1) is 5.41 Å². The predicted molar refractivity (Wildman–Crippen MR) is 85.5 cm³/mol. The number of hydrogen-bond donors (Lipinski definition) is 1. The van der Waals surface area contributed by atoms with Crippen LogP contribution >= 0.6 is 27.5 Å². The Balaban J connectivity index is 2.16. The maximum atomic E-state index is 10.3. The highest BCUT2D eigenvalue weighted by Crippen LogP contribution is 2.42. The quantitative estimate of drug-likeness (QED) is 0.774. The Labute approximate surface area is 132 Å². The van der Waals surface area contributed by atoms with E-state index >= 15 is 0 Å². The largest absolute Gasteiger partial charge is 0.388 e. The Morgan fingerprint density at radius 2 is 2.10 bits per heavy atom. The first-order chi connectivity index (χ1) is 9.37. The molecular formula is C16H17BrClNO. The van der Waals surface area contributed by atoms with Gasteiger partial charge in [0.1, 0.15) is 0 Å². The highest BCUT2D eigenvalue weighted by atomic mass is 79.9. The summed E-state index contributed by atoms with van der Waals surface area (Å²) in [5.74, 6) is 0. The van der Waals surface area contributed by atoms with Gasteiger partial charge in [0.15, 0.2) is 0 Å².